The summed E-state index contributed by atoms with van der Waals surface area (Å²) in [7, 11) is 0. The van der Waals surface area contributed by atoms with Gasteiger partial charge in [-0.15, -0.1) is 0 Å². The Kier molecular flexibility index (Phi) is 9.97. The third-order valence-electron chi connectivity index (χ3n) is 5.82. The van der Waals surface area contributed by atoms with Crippen molar-refractivity contribution in [3.63, 3.8) is 0 Å². The van der Waals surface area contributed by atoms with Crippen molar-refractivity contribution in [1.82, 2.24) is 9.97 Å². The van der Waals surface area contributed by atoms with E-state index in [-0.39, 0.29) is 5.35 Å². The second kappa shape index (κ2) is 14.0. The van der Waals surface area contributed by atoms with Crippen molar-refractivity contribution in [3.05, 3.63) is 137 Å². The van der Waals surface area contributed by atoms with Crippen LogP contribution < -0.4 is 11.1 Å². The predicted octanol–water partition coefficient (Wildman–Crippen LogP) is 9.58. The van der Waals surface area contributed by atoms with Gasteiger partial charge in [0, 0.05) is 22.5 Å². The number of nitrogens with two attached hydrogens (primary N) is 1. The molecule has 0 spiro atoms. The molecule has 41 heavy (non-hydrogen) atoms. The molecular weight excluding hydrogens is 532 g/mol. The molecule has 4 aromatic carbocycles. The van der Waals surface area contributed by atoms with Gasteiger partial charge in [0.15, 0.2) is 11.5 Å². The van der Waals surface area contributed by atoms with Gasteiger partial charge in [0.2, 0.25) is 0 Å². The van der Waals surface area contributed by atoms with E-state index in [1.165, 1.54) is 22.3 Å². The molecule has 208 valence electrons. The van der Waals surface area contributed by atoms with Crippen LogP contribution in [0, 0.1) is 27.7 Å². The van der Waals surface area contributed by atoms with Crippen LogP contribution in [0.25, 0.3) is 22.6 Å². The number of nitrogens with zero attached hydrogens (tertiary/aromatic N) is 2. The molecule has 0 bridgehead atoms. The zero-order valence-corrected chi connectivity index (χ0v) is 24.3. The van der Waals surface area contributed by atoms with Crippen LogP contribution >= 0.6 is 11.6 Å². The van der Waals surface area contributed by atoms with Gasteiger partial charge in [-0.25, -0.2) is 9.97 Å². The summed E-state index contributed by atoms with van der Waals surface area (Å²) in [6.45, 7) is 8.24. The summed E-state index contributed by atoms with van der Waals surface area (Å²) in [6, 6.07) is 32.5. The summed E-state index contributed by atoms with van der Waals surface area (Å²) in [6.07, 6.45) is 3.35. The fourth-order valence-electron chi connectivity index (χ4n) is 4.24. The molecule has 0 saturated heterocycles. The van der Waals surface area contributed by atoms with Gasteiger partial charge in [-0.1, -0.05) is 72.8 Å². The Labute approximate surface area is 245 Å². The number of anilines is 3. The molecule has 0 aliphatic rings. The molecule has 6 nitrogen and oxygen atoms in total. The van der Waals surface area contributed by atoms with E-state index in [4.69, 9.17) is 26.2 Å². The summed E-state index contributed by atoms with van der Waals surface area (Å²) in [5, 5.41) is 3.37. The van der Waals surface area contributed by atoms with Crippen molar-refractivity contribution in [2.45, 2.75) is 27.7 Å². The predicted molar refractivity (Wildman–Crippen MR) is 168 cm³/mol. The maximum absolute atomic E-state index is 5.73. The van der Waals surface area contributed by atoms with E-state index >= 15 is 0 Å². The highest BCUT2D eigenvalue weighted by Gasteiger charge is 2.06. The largest absolute Gasteiger partial charge is 0.428 e. The maximum Gasteiger partial charge on any atom is 0.299 e. The van der Waals surface area contributed by atoms with Crippen LogP contribution in [-0.2, 0) is 0 Å². The number of oxazole rings is 2. The summed E-state index contributed by atoms with van der Waals surface area (Å²) < 4.78 is 10.9. The Balaban J connectivity index is 0.000000156. The standard InChI is InChI=1S/C17H16N2O.C9H6ClNO.C8H11N/c1-12-8-13(2)10-15(9-12)19-17-18-11-16(20-17)14-6-4-3-5-7-14;10-9-11-6-8(12-9)7-4-2-1-3-5-7;1-6-3-7(2)5-8(9)4-6/h3-11H,1-2H3,(H,18,19);1-6H;3-5H,9H2,1-2H3. The minimum absolute atomic E-state index is 0.175. The van der Waals surface area contributed by atoms with Crippen molar-refractivity contribution in [2.24, 2.45) is 0 Å². The number of nitrogens with one attached hydrogen (secondary N) is 1. The lowest BCUT2D eigenvalue weighted by Crippen LogP contribution is -1.91. The van der Waals surface area contributed by atoms with Crippen LogP contribution in [0.3, 0.4) is 0 Å². The highest BCUT2D eigenvalue weighted by molar-refractivity contribution is 6.27. The van der Waals surface area contributed by atoms with Crippen LogP contribution in [0.2, 0.25) is 5.35 Å². The van der Waals surface area contributed by atoms with Gasteiger partial charge >= 0.3 is 0 Å². The molecule has 0 saturated carbocycles. The van der Waals surface area contributed by atoms with Crippen molar-refractivity contribution in [2.75, 3.05) is 11.1 Å². The number of nitrogen functional groups attached to an aromatic ring is 1. The molecule has 2 heterocycles. The second-order valence-corrected chi connectivity index (χ2v) is 9.98. The van der Waals surface area contributed by atoms with E-state index in [1.54, 1.807) is 12.4 Å². The molecule has 7 heteroatoms. The monoisotopic (exact) mass is 564 g/mol. The normalized spacial score (nSPS) is 10.2. The molecule has 3 N–H and O–H groups in total. The zero-order valence-electron chi connectivity index (χ0n) is 23.6. The molecule has 0 amide bonds. The molecule has 0 atom stereocenters. The lowest BCUT2D eigenvalue weighted by Gasteiger charge is -2.04. The van der Waals surface area contributed by atoms with Crippen LogP contribution in [0.4, 0.5) is 17.4 Å². The Morgan fingerprint density at radius 1 is 0.610 bits per heavy atom. The lowest BCUT2D eigenvalue weighted by molar-refractivity contribution is 0.574. The first-order valence-electron chi connectivity index (χ1n) is 13.1. The van der Waals surface area contributed by atoms with Crippen molar-refractivity contribution < 1.29 is 8.83 Å². The van der Waals surface area contributed by atoms with Crippen LogP contribution in [0.1, 0.15) is 22.3 Å². The Hall–Kier alpha value is -4.81. The fraction of sp³-hybridized carbons (Fsp3) is 0.118. The van der Waals surface area contributed by atoms with E-state index in [0.717, 1.165) is 28.3 Å². The van der Waals surface area contributed by atoms with Gasteiger partial charge in [0.25, 0.3) is 11.4 Å². The van der Waals surface area contributed by atoms with Crippen molar-refractivity contribution in [1.29, 1.82) is 0 Å². The van der Waals surface area contributed by atoms with E-state index < -0.39 is 0 Å². The van der Waals surface area contributed by atoms with Gasteiger partial charge in [-0.05, 0) is 85.8 Å². The summed E-state index contributed by atoms with van der Waals surface area (Å²) >= 11 is 5.53. The van der Waals surface area contributed by atoms with E-state index in [0.29, 0.717) is 11.8 Å². The Morgan fingerprint density at radius 2 is 1.07 bits per heavy atom. The molecule has 0 fully saturated rings. The molecule has 6 rings (SSSR count). The minimum Gasteiger partial charge on any atom is -0.428 e. The summed E-state index contributed by atoms with van der Waals surface area (Å²) in [5.74, 6) is 1.46. The maximum atomic E-state index is 5.73. The van der Waals surface area contributed by atoms with Gasteiger partial charge < -0.3 is 19.9 Å². The fourth-order valence-corrected chi connectivity index (χ4v) is 4.37. The van der Waals surface area contributed by atoms with Gasteiger partial charge in [-0.2, -0.15) is 0 Å². The summed E-state index contributed by atoms with van der Waals surface area (Å²) in [5.41, 5.74) is 14.3. The number of aryl methyl sites for hydroxylation is 4. The van der Waals surface area contributed by atoms with Gasteiger partial charge in [0.05, 0.1) is 12.4 Å². The van der Waals surface area contributed by atoms with E-state index in [2.05, 4.69) is 53.4 Å². The van der Waals surface area contributed by atoms with Crippen molar-refractivity contribution >= 4 is 29.0 Å². The lowest BCUT2D eigenvalue weighted by atomic mass is 10.1. The first-order valence-corrected chi connectivity index (χ1v) is 13.5. The average molecular weight is 565 g/mol. The SMILES string of the molecule is Cc1cc(C)cc(N)c1.Cc1cc(C)cc(Nc2ncc(-c3ccccc3)o2)c1.Clc1ncc(-c2ccccc2)o1. The number of benzene rings is 4. The third-order valence-corrected chi connectivity index (χ3v) is 5.99. The van der Waals surface area contributed by atoms with E-state index in [9.17, 15) is 0 Å². The number of aromatic nitrogens is 2. The number of hydrogen-bond donors (Lipinski definition) is 2. The molecule has 0 unspecified atom stereocenters. The smallest absolute Gasteiger partial charge is 0.299 e. The molecule has 0 aliphatic carbocycles. The molecular formula is C34H33ClN4O2. The first-order chi connectivity index (χ1) is 19.7. The minimum atomic E-state index is 0.175. The highest BCUT2D eigenvalue weighted by atomic mass is 35.5. The van der Waals surface area contributed by atoms with Crippen molar-refractivity contribution in [3.8, 4) is 22.6 Å². The second-order valence-electron chi connectivity index (χ2n) is 9.66. The topological polar surface area (TPSA) is 90.1 Å². The number of halogens is 1. The van der Waals surface area contributed by atoms with Crippen LogP contribution in [0.5, 0.6) is 0 Å². The van der Waals surface area contributed by atoms with Crippen LogP contribution in [0.15, 0.2) is 118 Å². The molecule has 6 aromatic rings. The molecule has 0 aliphatic heterocycles. The van der Waals surface area contributed by atoms with Gasteiger partial charge in [0.1, 0.15) is 0 Å². The zero-order chi connectivity index (χ0) is 29.2. The number of hydrogen-bond acceptors (Lipinski definition) is 6. The first kappa shape index (κ1) is 29.2. The highest BCUT2D eigenvalue weighted by Crippen LogP contribution is 2.25. The quantitative estimate of drug-likeness (QED) is 0.207. The molecule has 2 aromatic heterocycles. The van der Waals surface area contributed by atoms with Gasteiger partial charge in [-0.3, -0.25) is 0 Å². The Bertz CT molecular complexity index is 1610. The van der Waals surface area contributed by atoms with E-state index in [1.807, 2.05) is 86.6 Å². The number of rotatable bonds is 4. The Morgan fingerprint density at radius 3 is 1.54 bits per heavy atom. The van der Waals surface area contributed by atoms with Crippen LogP contribution in [-0.4, -0.2) is 9.97 Å². The third kappa shape index (κ3) is 9.12. The summed E-state index contributed by atoms with van der Waals surface area (Å²) in [4.78, 5) is 8.06. The average Bonchev–Trinajstić information content (AvgIpc) is 3.58. The molecule has 0 radical (unpaired) electrons.